The van der Waals surface area contributed by atoms with Crippen LogP contribution in [0.1, 0.15) is 17.3 Å². The van der Waals surface area contributed by atoms with Crippen LogP contribution in [0.4, 0.5) is 4.79 Å². The monoisotopic (exact) mass is 221 g/mol. The van der Waals surface area contributed by atoms with Gasteiger partial charge in [0.05, 0.1) is 0 Å². The molecule has 0 radical (unpaired) electrons. The summed E-state index contributed by atoms with van der Waals surface area (Å²) >= 11 is 0. The number of hydrazine groups is 1. The summed E-state index contributed by atoms with van der Waals surface area (Å²) in [5, 5.41) is 0.470. The van der Waals surface area contributed by atoms with Gasteiger partial charge in [0, 0.05) is 12.5 Å². The Bertz CT molecular complexity index is 417. The number of imide groups is 1. The minimum atomic E-state index is -1.04. The van der Waals surface area contributed by atoms with Gasteiger partial charge in [-0.15, -0.1) is 0 Å². The van der Waals surface area contributed by atoms with Crippen LogP contribution in [0.15, 0.2) is 30.3 Å². The average molecular weight is 221 g/mol. The molecule has 0 saturated heterocycles. The van der Waals surface area contributed by atoms with E-state index in [1.165, 1.54) is 19.1 Å². The van der Waals surface area contributed by atoms with E-state index in [2.05, 4.69) is 0 Å². The number of urea groups is 1. The van der Waals surface area contributed by atoms with Gasteiger partial charge < -0.3 is 5.73 Å². The van der Waals surface area contributed by atoms with Crippen molar-refractivity contribution in [2.45, 2.75) is 6.92 Å². The van der Waals surface area contributed by atoms with Crippen LogP contribution in [-0.4, -0.2) is 22.9 Å². The lowest BCUT2D eigenvalue weighted by molar-refractivity contribution is -0.121. The van der Waals surface area contributed by atoms with Crippen LogP contribution in [0.25, 0.3) is 0 Å². The molecule has 1 aromatic rings. The molecule has 6 heteroatoms. The Kier molecular flexibility index (Phi) is 3.60. The first-order valence-corrected chi connectivity index (χ1v) is 4.48. The van der Waals surface area contributed by atoms with Crippen LogP contribution in [-0.2, 0) is 4.79 Å². The fourth-order valence-corrected chi connectivity index (χ4v) is 1.07. The molecule has 3 N–H and O–H groups in total. The Morgan fingerprint density at radius 2 is 1.75 bits per heavy atom. The van der Waals surface area contributed by atoms with E-state index in [0.29, 0.717) is 5.01 Å². The number of nitrogens with one attached hydrogen (secondary N) is 1. The maximum Gasteiger partial charge on any atom is 0.341 e. The number of carbonyl (C=O) groups is 3. The second kappa shape index (κ2) is 4.92. The first-order valence-electron chi connectivity index (χ1n) is 4.48. The SMILES string of the molecule is CC(=O)NN(C(N)=O)C(=O)c1ccccc1. The predicted molar refractivity (Wildman–Crippen MR) is 56.0 cm³/mol. The second-order valence-corrected chi connectivity index (χ2v) is 3.01. The first-order chi connectivity index (χ1) is 7.52. The van der Waals surface area contributed by atoms with Crippen LogP contribution in [0.5, 0.6) is 0 Å². The Labute approximate surface area is 92.0 Å². The molecule has 0 fully saturated rings. The Morgan fingerprint density at radius 3 is 2.19 bits per heavy atom. The third kappa shape index (κ3) is 2.81. The fourth-order valence-electron chi connectivity index (χ4n) is 1.07. The van der Waals surface area contributed by atoms with Gasteiger partial charge in [-0.2, -0.15) is 5.01 Å². The van der Waals surface area contributed by atoms with Crippen molar-refractivity contribution in [2.24, 2.45) is 5.73 Å². The number of hydrogen-bond donors (Lipinski definition) is 2. The molecule has 0 bridgehead atoms. The van der Waals surface area contributed by atoms with E-state index in [9.17, 15) is 14.4 Å². The van der Waals surface area contributed by atoms with Crippen LogP contribution >= 0.6 is 0 Å². The Hall–Kier alpha value is -2.37. The van der Waals surface area contributed by atoms with E-state index in [1.54, 1.807) is 18.2 Å². The minimum Gasteiger partial charge on any atom is -0.350 e. The number of hydrogen-bond acceptors (Lipinski definition) is 3. The fraction of sp³-hybridized carbons (Fsp3) is 0.100. The van der Waals surface area contributed by atoms with Crippen molar-refractivity contribution in [1.29, 1.82) is 0 Å². The lowest BCUT2D eigenvalue weighted by atomic mass is 10.2. The third-order valence-electron chi connectivity index (χ3n) is 1.71. The van der Waals surface area contributed by atoms with E-state index in [-0.39, 0.29) is 5.56 Å². The van der Waals surface area contributed by atoms with Crippen LogP contribution in [0, 0.1) is 0 Å². The van der Waals surface area contributed by atoms with Gasteiger partial charge in [-0.25, -0.2) is 4.79 Å². The molecule has 0 spiro atoms. The summed E-state index contributed by atoms with van der Waals surface area (Å²) in [6, 6.07) is 6.99. The van der Waals surface area contributed by atoms with Crippen molar-refractivity contribution >= 4 is 17.8 Å². The highest BCUT2D eigenvalue weighted by Gasteiger charge is 2.21. The smallest absolute Gasteiger partial charge is 0.341 e. The standard InChI is InChI=1S/C10H11N3O3/c1-7(14)12-13(10(11)16)9(15)8-5-3-2-4-6-8/h2-6H,1H3,(H2,11,16)(H,12,14). The van der Waals surface area contributed by atoms with Gasteiger partial charge in [-0.1, -0.05) is 18.2 Å². The van der Waals surface area contributed by atoms with Crippen LogP contribution in [0.3, 0.4) is 0 Å². The average Bonchev–Trinajstić information content (AvgIpc) is 2.25. The summed E-state index contributed by atoms with van der Waals surface area (Å²) in [6.45, 7) is 1.17. The lowest BCUT2D eigenvalue weighted by Crippen LogP contribution is -2.51. The minimum absolute atomic E-state index is 0.259. The predicted octanol–water partition coefficient (Wildman–Crippen LogP) is 0.259. The van der Waals surface area contributed by atoms with Crippen molar-refractivity contribution in [2.75, 3.05) is 0 Å². The van der Waals surface area contributed by atoms with Crippen molar-refractivity contribution in [3.05, 3.63) is 35.9 Å². The van der Waals surface area contributed by atoms with Gasteiger partial charge in [-0.05, 0) is 12.1 Å². The summed E-state index contributed by atoms with van der Waals surface area (Å²) in [4.78, 5) is 33.5. The molecule has 0 atom stereocenters. The molecule has 1 aromatic carbocycles. The zero-order chi connectivity index (χ0) is 12.1. The van der Waals surface area contributed by atoms with Crippen molar-refractivity contribution in [3.8, 4) is 0 Å². The van der Waals surface area contributed by atoms with Crippen molar-refractivity contribution in [3.63, 3.8) is 0 Å². The van der Waals surface area contributed by atoms with E-state index >= 15 is 0 Å². The van der Waals surface area contributed by atoms with Crippen molar-refractivity contribution < 1.29 is 14.4 Å². The second-order valence-electron chi connectivity index (χ2n) is 3.01. The summed E-state index contributed by atoms with van der Waals surface area (Å²) in [6.07, 6.45) is 0. The third-order valence-corrected chi connectivity index (χ3v) is 1.71. The highest BCUT2D eigenvalue weighted by atomic mass is 16.2. The molecule has 0 unspecified atom stereocenters. The molecule has 0 aliphatic rings. The van der Waals surface area contributed by atoms with E-state index in [4.69, 9.17) is 5.73 Å². The number of nitrogens with two attached hydrogens (primary N) is 1. The molecule has 16 heavy (non-hydrogen) atoms. The van der Waals surface area contributed by atoms with E-state index in [0.717, 1.165) is 0 Å². The highest BCUT2D eigenvalue weighted by molar-refractivity contribution is 6.04. The van der Waals surface area contributed by atoms with E-state index < -0.39 is 17.8 Å². The van der Waals surface area contributed by atoms with E-state index in [1.807, 2.05) is 5.43 Å². The van der Waals surface area contributed by atoms with Gasteiger partial charge >= 0.3 is 6.03 Å². The van der Waals surface area contributed by atoms with Gasteiger partial charge in [0.25, 0.3) is 5.91 Å². The summed E-state index contributed by atoms with van der Waals surface area (Å²) in [5.74, 6) is -1.23. The number of benzene rings is 1. The summed E-state index contributed by atoms with van der Waals surface area (Å²) in [7, 11) is 0. The molecule has 0 heterocycles. The van der Waals surface area contributed by atoms with Crippen molar-refractivity contribution in [1.82, 2.24) is 10.4 Å². The van der Waals surface area contributed by atoms with Gasteiger partial charge in [-0.3, -0.25) is 15.0 Å². The number of nitrogens with zero attached hydrogens (tertiary/aromatic N) is 1. The molecule has 0 aliphatic carbocycles. The number of rotatable bonds is 1. The van der Waals surface area contributed by atoms with Crippen LogP contribution < -0.4 is 11.2 Å². The summed E-state index contributed by atoms with van der Waals surface area (Å²) in [5.41, 5.74) is 7.28. The molecule has 0 aliphatic heterocycles. The maximum absolute atomic E-state index is 11.7. The molecule has 0 saturated carbocycles. The Morgan fingerprint density at radius 1 is 1.19 bits per heavy atom. The maximum atomic E-state index is 11.7. The zero-order valence-electron chi connectivity index (χ0n) is 8.64. The molecule has 1 rings (SSSR count). The molecule has 6 nitrogen and oxygen atoms in total. The number of primary amides is 1. The molecule has 4 amide bonds. The molecule has 84 valence electrons. The zero-order valence-corrected chi connectivity index (χ0v) is 8.64. The van der Waals surface area contributed by atoms with Gasteiger partial charge in [0.1, 0.15) is 0 Å². The number of amides is 4. The topological polar surface area (TPSA) is 92.5 Å². The normalized spacial score (nSPS) is 9.31. The molecular formula is C10H11N3O3. The largest absolute Gasteiger partial charge is 0.350 e. The summed E-state index contributed by atoms with van der Waals surface area (Å²) < 4.78 is 0. The number of carbonyl (C=O) groups excluding carboxylic acids is 3. The molecule has 0 aromatic heterocycles. The van der Waals surface area contributed by atoms with Crippen LogP contribution in [0.2, 0.25) is 0 Å². The molecular weight excluding hydrogens is 210 g/mol. The highest BCUT2D eigenvalue weighted by Crippen LogP contribution is 2.02. The van der Waals surface area contributed by atoms with Gasteiger partial charge in [0.2, 0.25) is 5.91 Å². The lowest BCUT2D eigenvalue weighted by Gasteiger charge is -2.17. The van der Waals surface area contributed by atoms with Gasteiger partial charge in [0.15, 0.2) is 0 Å². The first kappa shape index (κ1) is 11.7. The quantitative estimate of drug-likeness (QED) is 0.666. The Balaban J connectivity index is 2.92.